The van der Waals surface area contributed by atoms with Crippen LogP contribution in [0, 0.1) is 0 Å². The summed E-state index contributed by atoms with van der Waals surface area (Å²) in [5, 5.41) is 3.08. The van der Waals surface area contributed by atoms with Gasteiger partial charge in [-0.3, -0.25) is 4.90 Å². The Morgan fingerprint density at radius 3 is 2.36 bits per heavy atom. The van der Waals surface area contributed by atoms with E-state index in [1.165, 1.54) is 12.1 Å². The molecule has 0 atom stereocenters. The zero-order valence-corrected chi connectivity index (χ0v) is 13.7. The van der Waals surface area contributed by atoms with Crippen molar-refractivity contribution in [1.82, 2.24) is 10.2 Å². The molecule has 3 nitrogen and oxygen atoms in total. The molecular formula is C14H21Cl2F3N2O. The fraction of sp³-hybridized carbons (Fsp3) is 0.571. The van der Waals surface area contributed by atoms with E-state index < -0.39 is 11.7 Å². The van der Waals surface area contributed by atoms with Gasteiger partial charge in [0.25, 0.3) is 0 Å². The molecule has 2 rings (SSSR count). The zero-order valence-electron chi connectivity index (χ0n) is 12.1. The molecule has 1 aromatic rings. The van der Waals surface area contributed by atoms with Gasteiger partial charge in [-0.25, -0.2) is 0 Å². The molecule has 0 amide bonds. The Balaban J connectivity index is 0.00000220. The summed E-state index contributed by atoms with van der Waals surface area (Å²) in [4.78, 5) is 2.24. The average Bonchev–Trinajstić information content (AvgIpc) is 2.44. The zero-order chi connectivity index (χ0) is 14.4. The molecule has 0 aromatic heterocycles. The molecule has 0 spiro atoms. The van der Waals surface area contributed by atoms with E-state index in [2.05, 4.69) is 10.2 Å². The van der Waals surface area contributed by atoms with Crippen molar-refractivity contribution in [2.24, 2.45) is 0 Å². The van der Waals surface area contributed by atoms with Crippen LogP contribution in [-0.2, 0) is 17.5 Å². The molecule has 8 heteroatoms. The summed E-state index contributed by atoms with van der Waals surface area (Å²) in [5.41, 5.74) is -0.263. The Bertz CT molecular complexity index is 427. The van der Waals surface area contributed by atoms with E-state index in [1.807, 2.05) is 0 Å². The fourth-order valence-corrected chi connectivity index (χ4v) is 2.24. The van der Waals surface area contributed by atoms with Gasteiger partial charge >= 0.3 is 6.18 Å². The summed E-state index contributed by atoms with van der Waals surface area (Å²) in [6.45, 7) is 4.99. The SMILES string of the molecule is Cl.Cl.FC(F)(F)c1ccccc1CNCCN1CCOCC1. The number of ether oxygens (including phenoxy) is 1. The van der Waals surface area contributed by atoms with E-state index >= 15 is 0 Å². The second kappa shape index (κ2) is 10.3. The lowest BCUT2D eigenvalue weighted by atomic mass is 10.1. The predicted octanol–water partition coefficient (Wildman–Crippen LogP) is 2.97. The van der Waals surface area contributed by atoms with E-state index in [0.29, 0.717) is 12.1 Å². The predicted molar refractivity (Wildman–Crippen MR) is 84.9 cm³/mol. The molecule has 0 bridgehead atoms. The van der Waals surface area contributed by atoms with Gasteiger partial charge in [-0.1, -0.05) is 18.2 Å². The third kappa shape index (κ3) is 6.71. The largest absolute Gasteiger partial charge is 0.416 e. The van der Waals surface area contributed by atoms with Gasteiger partial charge in [0.1, 0.15) is 0 Å². The van der Waals surface area contributed by atoms with E-state index in [-0.39, 0.29) is 31.4 Å². The molecule has 0 aliphatic carbocycles. The van der Waals surface area contributed by atoms with Crippen LogP contribution in [-0.4, -0.2) is 44.3 Å². The molecule has 22 heavy (non-hydrogen) atoms. The van der Waals surface area contributed by atoms with Crippen LogP contribution in [0.1, 0.15) is 11.1 Å². The van der Waals surface area contributed by atoms with Crippen LogP contribution in [0.3, 0.4) is 0 Å². The van der Waals surface area contributed by atoms with Crippen LogP contribution < -0.4 is 5.32 Å². The van der Waals surface area contributed by atoms with Crippen LogP contribution >= 0.6 is 24.8 Å². The Labute approximate surface area is 141 Å². The van der Waals surface area contributed by atoms with Gasteiger partial charge in [0.05, 0.1) is 18.8 Å². The van der Waals surface area contributed by atoms with Crippen molar-refractivity contribution in [3.8, 4) is 0 Å². The van der Waals surface area contributed by atoms with Crippen molar-refractivity contribution >= 4 is 24.8 Å². The van der Waals surface area contributed by atoms with Crippen molar-refractivity contribution in [2.75, 3.05) is 39.4 Å². The smallest absolute Gasteiger partial charge is 0.379 e. The lowest BCUT2D eigenvalue weighted by Gasteiger charge is -2.26. The van der Waals surface area contributed by atoms with Crippen molar-refractivity contribution in [2.45, 2.75) is 12.7 Å². The minimum Gasteiger partial charge on any atom is -0.379 e. The molecule has 1 N–H and O–H groups in total. The van der Waals surface area contributed by atoms with E-state index in [0.717, 1.165) is 38.9 Å². The molecule has 0 saturated carbocycles. The van der Waals surface area contributed by atoms with Gasteiger partial charge in [-0.05, 0) is 11.6 Å². The lowest BCUT2D eigenvalue weighted by Crippen LogP contribution is -2.40. The summed E-state index contributed by atoms with van der Waals surface area (Å²) < 4.78 is 43.6. The Hall–Kier alpha value is -0.530. The minimum absolute atomic E-state index is 0. The number of nitrogens with one attached hydrogen (secondary N) is 1. The molecule has 0 unspecified atom stereocenters. The van der Waals surface area contributed by atoms with Crippen molar-refractivity contribution in [3.05, 3.63) is 35.4 Å². The Kier molecular flexibility index (Phi) is 10.0. The van der Waals surface area contributed by atoms with Crippen LogP contribution in [0.4, 0.5) is 13.2 Å². The molecule has 1 aromatic carbocycles. The van der Waals surface area contributed by atoms with Crippen molar-refractivity contribution in [1.29, 1.82) is 0 Å². The first-order chi connectivity index (χ1) is 9.57. The normalized spacial score (nSPS) is 15.8. The first-order valence-corrected chi connectivity index (χ1v) is 6.73. The standard InChI is InChI=1S/C14H19F3N2O.2ClH/c15-14(16,17)13-4-2-1-3-12(13)11-18-5-6-19-7-9-20-10-8-19;;/h1-4,18H,5-11H2;2*1H. The van der Waals surface area contributed by atoms with Gasteiger partial charge in [0, 0.05) is 32.7 Å². The van der Waals surface area contributed by atoms with Gasteiger partial charge in [0.2, 0.25) is 0 Å². The number of hydrogen-bond donors (Lipinski definition) is 1. The summed E-state index contributed by atoms with van der Waals surface area (Å²) in [6, 6.07) is 5.69. The monoisotopic (exact) mass is 360 g/mol. The maximum atomic E-state index is 12.8. The Morgan fingerprint density at radius 2 is 1.73 bits per heavy atom. The maximum absolute atomic E-state index is 12.8. The number of morpholine rings is 1. The minimum atomic E-state index is -4.29. The number of rotatable bonds is 5. The highest BCUT2D eigenvalue weighted by Crippen LogP contribution is 2.31. The number of hydrogen-bond acceptors (Lipinski definition) is 3. The second-order valence-electron chi connectivity index (χ2n) is 4.79. The molecule has 1 aliphatic heterocycles. The Morgan fingerprint density at radius 1 is 1.09 bits per heavy atom. The summed E-state index contributed by atoms with van der Waals surface area (Å²) >= 11 is 0. The fourth-order valence-electron chi connectivity index (χ4n) is 2.24. The van der Waals surface area contributed by atoms with Crippen LogP contribution in [0.5, 0.6) is 0 Å². The van der Waals surface area contributed by atoms with Gasteiger partial charge in [-0.15, -0.1) is 24.8 Å². The van der Waals surface area contributed by atoms with Crippen molar-refractivity contribution < 1.29 is 17.9 Å². The highest BCUT2D eigenvalue weighted by Gasteiger charge is 2.32. The molecule has 1 heterocycles. The lowest BCUT2D eigenvalue weighted by molar-refractivity contribution is -0.138. The number of benzene rings is 1. The van der Waals surface area contributed by atoms with Crippen LogP contribution in [0.15, 0.2) is 24.3 Å². The van der Waals surface area contributed by atoms with Gasteiger partial charge in [0.15, 0.2) is 0 Å². The first kappa shape index (κ1) is 21.5. The summed E-state index contributed by atoms with van der Waals surface area (Å²) in [5.74, 6) is 0. The van der Waals surface area contributed by atoms with Crippen LogP contribution in [0.25, 0.3) is 0 Å². The number of alkyl halides is 3. The highest BCUT2D eigenvalue weighted by molar-refractivity contribution is 5.85. The van der Waals surface area contributed by atoms with Gasteiger partial charge in [-0.2, -0.15) is 13.2 Å². The second-order valence-corrected chi connectivity index (χ2v) is 4.79. The third-order valence-corrected chi connectivity index (χ3v) is 3.35. The van der Waals surface area contributed by atoms with E-state index in [1.54, 1.807) is 6.07 Å². The summed E-state index contributed by atoms with van der Waals surface area (Å²) in [6.07, 6.45) is -4.29. The maximum Gasteiger partial charge on any atom is 0.416 e. The topological polar surface area (TPSA) is 24.5 Å². The molecular weight excluding hydrogens is 340 g/mol. The number of nitrogens with zero attached hydrogens (tertiary/aromatic N) is 1. The molecule has 0 radical (unpaired) electrons. The van der Waals surface area contributed by atoms with Crippen molar-refractivity contribution in [3.63, 3.8) is 0 Å². The third-order valence-electron chi connectivity index (χ3n) is 3.35. The highest BCUT2D eigenvalue weighted by atomic mass is 35.5. The first-order valence-electron chi connectivity index (χ1n) is 6.73. The average molecular weight is 361 g/mol. The quantitative estimate of drug-likeness (QED) is 0.817. The molecule has 1 fully saturated rings. The molecule has 1 aliphatic rings. The molecule has 128 valence electrons. The number of halogens is 5. The van der Waals surface area contributed by atoms with E-state index in [4.69, 9.17) is 4.74 Å². The molecule has 1 saturated heterocycles. The summed E-state index contributed by atoms with van der Waals surface area (Å²) in [7, 11) is 0. The van der Waals surface area contributed by atoms with Gasteiger partial charge < -0.3 is 10.1 Å². The van der Waals surface area contributed by atoms with E-state index in [9.17, 15) is 13.2 Å². The van der Waals surface area contributed by atoms with Crippen LogP contribution in [0.2, 0.25) is 0 Å².